The van der Waals surface area contributed by atoms with Crippen LogP contribution in [0.2, 0.25) is 0 Å². The molecule has 0 spiro atoms. The number of likely N-dealkylation sites (tertiary alicyclic amines) is 1. The molecule has 0 aliphatic carbocycles. The fraction of sp³-hybridized carbons (Fsp3) is 0.385. The Labute approximate surface area is 194 Å². The lowest BCUT2D eigenvalue weighted by molar-refractivity contribution is -0.140. The van der Waals surface area contributed by atoms with Gasteiger partial charge in [-0.2, -0.15) is 0 Å². The van der Waals surface area contributed by atoms with Crippen LogP contribution in [0.4, 0.5) is 0 Å². The van der Waals surface area contributed by atoms with Gasteiger partial charge >= 0.3 is 0 Å². The molecule has 1 N–H and O–H groups in total. The summed E-state index contributed by atoms with van der Waals surface area (Å²) in [6, 6.07) is 11.7. The van der Waals surface area contributed by atoms with Gasteiger partial charge in [0, 0.05) is 25.8 Å². The van der Waals surface area contributed by atoms with Gasteiger partial charge in [0.1, 0.15) is 17.3 Å². The minimum Gasteiger partial charge on any atom is -0.507 e. The summed E-state index contributed by atoms with van der Waals surface area (Å²) in [6.07, 6.45) is 0.527. The van der Waals surface area contributed by atoms with Gasteiger partial charge in [0.2, 0.25) is 0 Å². The number of carbonyl (C=O) groups is 2. The molecular weight excluding hydrogens is 422 g/mol. The van der Waals surface area contributed by atoms with Crippen LogP contribution in [0.1, 0.15) is 43.0 Å². The Balaban J connectivity index is 2.15. The maximum Gasteiger partial charge on any atom is 0.295 e. The van der Waals surface area contributed by atoms with E-state index < -0.39 is 17.7 Å². The highest BCUT2D eigenvalue weighted by molar-refractivity contribution is 6.46. The summed E-state index contributed by atoms with van der Waals surface area (Å²) in [4.78, 5) is 27.7. The van der Waals surface area contributed by atoms with Crippen molar-refractivity contribution in [1.29, 1.82) is 0 Å². The van der Waals surface area contributed by atoms with Gasteiger partial charge in [-0.25, -0.2) is 0 Å². The number of aryl methyl sites for hydroxylation is 1. The molecule has 2 aromatic rings. The molecule has 3 rings (SSSR count). The van der Waals surface area contributed by atoms with Crippen molar-refractivity contribution in [2.24, 2.45) is 0 Å². The molecule has 1 fully saturated rings. The fourth-order valence-electron chi connectivity index (χ4n) is 4.04. The van der Waals surface area contributed by atoms with E-state index in [4.69, 9.17) is 14.2 Å². The normalized spacial score (nSPS) is 17.6. The van der Waals surface area contributed by atoms with E-state index in [9.17, 15) is 14.7 Å². The molecule has 7 nitrogen and oxygen atoms in total. The van der Waals surface area contributed by atoms with Crippen LogP contribution >= 0.6 is 0 Å². The average Bonchev–Trinajstić information content (AvgIpc) is 3.03. The predicted molar refractivity (Wildman–Crippen MR) is 125 cm³/mol. The molecule has 0 bridgehead atoms. The van der Waals surface area contributed by atoms with Crippen LogP contribution in [0.3, 0.4) is 0 Å². The van der Waals surface area contributed by atoms with E-state index in [1.165, 1.54) is 4.90 Å². The smallest absolute Gasteiger partial charge is 0.295 e. The van der Waals surface area contributed by atoms with Gasteiger partial charge in [-0.15, -0.1) is 0 Å². The number of methoxy groups -OCH3 is 2. The van der Waals surface area contributed by atoms with E-state index in [1.807, 2.05) is 45.0 Å². The van der Waals surface area contributed by atoms with E-state index in [0.29, 0.717) is 42.2 Å². The van der Waals surface area contributed by atoms with E-state index in [1.54, 1.807) is 32.4 Å². The highest BCUT2D eigenvalue weighted by atomic mass is 16.5. The second-order valence-electron chi connectivity index (χ2n) is 8.26. The molecule has 2 aromatic carbocycles. The molecule has 33 heavy (non-hydrogen) atoms. The van der Waals surface area contributed by atoms with E-state index in [0.717, 1.165) is 5.56 Å². The van der Waals surface area contributed by atoms with Crippen molar-refractivity contribution in [3.8, 4) is 11.5 Å². The Morgan fingerprint density at radius 2 is 1.85 bits per heavy atom. The monoisotopic (exact) mass is 453 g/mol. The summed E-state index contributed by atoms with van der Waals surface area (Å²) >= 11 is 0. The third-order valence-corrected chi connectivity index (χ3v) is 5.52. The molecule has 1 heterocycles. The molecule has 1 aliphatic rings. The minimum atomic E-state index is -0.737. The number of nitrogens with zero attached hydrogens (tertiary/aromatic N) is 1. The second kappa shape index (κ2) is 10.5. The zero-order valence-corrected chi connectivity index (χ0v) is 19.8. The summed E-state index contributed by atoms with van der Waals surface area (Å²) in [6.45, 7) is 6.44. The number of carbonyl (C=O) groups excluding carboxylic acids is 2. The van der Waals surface area contributed by atoms with Crippen LogP contribution in [0.25, 0.3) is 5.76 Å². The van der Waals surface area contributed by atoms with Crippen LogP contribution in [0, 0.1) is 6.92 Å². The third-order valence-electron chi connectivity index (χ3n) is 5.52. The Bertz CT molecular complexity index is 1060. The first-order valence-corrected chi connectivity index (χ1v) is 11.0. The van der Waals surface area contributed by atoms with Crippen LogP contribution in [-0.2, 0) is 14.3 Å². The van der Waals surface area contributed by atoms with Gasteiger partial charge in [-0.1, -0.05) is 12.1 Å². The number of amides is 1. The minimum absolute atomic E-state index is 0.0322. The number of rotatable bonds is 9. The number of hydrogen-bond acceptors (Lipinski definition) is 6. The van der Waals surface area contributed by atoms with Crippen LogP contribution in [0.15, 0.2) is 48.0 Å². The van der Waals surface area contributed by atoms with Crippen molar-refractivity contribution in [2.75, 3.05) is 27.4 Å². The quantitative estimate of drug-likeness (QED) is 0.264. The maximum atomic E-state index is 13.1. The zero-order valence-electron chi connectivity index (χ0n) is 19.8. The van der Waals surface area contributed by atoms with Crippen LogP contribution in [-0.4, -0.2) is 55.2 Å². The van der Waals surface area contributed by atoms with Gasteiger partial charge in [0.05, 0.1) is 24.8 Å². The molecule has 0 radical (unpaired) electrons. The number of Topliss-reactive ketones (excluding diaryl/α,β-unsaturated/α-hetero) is 1. The van der Waals surface area contributed by atoms with Gasteiger partial charge in [0.15, 0.2) is 0 Å². The van der Waals surface area contributed by atoms with E-state index in [-0.39, 0.29) is 17.4 Å². The number of aliphatic hydroxyl groups excluding tert-OH is 1. The van der Waals surface area contributed by atoms with E-state index >= 15 is 0 Å². The fourth-order valence-corrected chi connectivity index (χ4v) is 4.04. The molecule has 176 valence electrons. The summed E-state index contributed by atoms with van der Waals surface area (Å²) < 4.78 is 16.2. The molecule has 1 saturated heterocycles. The predicted octanol–water partition coefficient (Wildman–Crippen LogP) is 4.25. The summed E-state index contributed by atoms with van der Waals surface area (Å²) in [5.41, 5.74) is 1.96. The number of ether oxygens (including phenoxy) is 3. The first-order valence-electron chi connectivity index (χ1n) is 11.0. The maximum absolute atomic E-state index is 13.1. The van der Waals surface area contributed by atoms with E-state index in [2.05, 4.69) is 0 Å². The van der Waals surface area contributed by atoms with Crippen molar-refractivity contribution in [2.45, 2.75) is 39.3 Å². The third kappa shape index (κ3) is 5.20. The summed E-state index contributed by atoms with van der Waals surface area (Å²) in [7, 11) is 3.15. The Morgan fingerprint density at radius 3 is 2.48 bits per heavy atom. The topological polar surface area (TPSA) is 85.3 Å². The Morgan fingerprint density at radius 1 is 1.09 bits per heavy atom. The largest absolute Gasteiger partial charge is 0.507 e. The molecule has 0 saturated carbocycles. The van der Waals surface area contributed by atoms with Crippen molar-refractivity contribution in [3.63, 3.8) is 0 Å². The number of hydrogen-bond donors (Lipinski definition) is 1. The lowest BCUT2D eigenvalue weighted by Gasteiger charge is -2.26. The number of aliphatic hydroxyl groups is 1. The van der Waals surface area contributed by atoms with Crippen molar-refractivity contribution in [3.05, 3.63) is 64.7 Å². The zero-order chi connectivity index (χ0) is 24.1. The van der Waals surface area contributed by atoms with Crippen molar-refractivity contribution >= 4 is 17.4 Å². The molecule has 1 amide bonds. The number of ketones is 1. The van der Waals surface area contributed by atoms with Crippen molar-refractivity contribution < 1.29 is 28.9 Å². The van der Waals surface area contributed by atoms with Crippen LogP contribution in [0.5, 0.6) is 11.5 Å². The molecular formula is C26H31NO6. The molecule has 1 atom stereocenters. The lowest BCUT2D eigenvalue weighted by atomic mass is 9.93. The first-order chi connectivity index (χ1) is 15.8. The van der Waals surface area contributed by atoms with Crippen LogP contribution < -0.4 is 9.47 Å². The molecule has 1 unspecified atom stereocenters. The summed E-state index contributed by atoms with van der Waals surface area (Å²) in [5.74, 6) is -0.285. The average molecular weight is 454 g/mol. The van der Waals surface area contributed by atoms with Gasteiger partial charge in [0.25, 0.3) is 11.7 Å². The number of benzene rings is 2. The van der Waals surface area contributed by atoms with Gasteiger partial charge < -0.3 is 24.2 Å². The first kappa shape index (κ1) is 24.3. The molecule has 0 aromatic heterocycles. The standard InChI is InChI=1S/C26H31NO6/c1-16(2)33-20-9-6-8-18(15-20)23-22(25(29)26(30)27(23)12-7-13-31-4)24(28)21-11-10-19(32-5)14-17(21)3/h6,8-11,14-16,23,28H,7,12-13H2,1-5H3/b24-22+. The highest BCUT2D eigenvalue weighted by Crippen LogP contribution is 2.41. The highest BCUT2D eigenvalue weighted by Gasteiger charge is 2.46. The molecule has 1 aliphatic heterocycles. The summed E-state index contributed by atoms with van der Waals surface area (Å²) in [5, 5.41) is 11.3. The van der Waals surface area contributed by atoms with Gasteiger partial charge in [-0.3, -0.25) is 9.59 Å². The Kier molecular flexibility index (Phi) is 7.76. The van der Waals surface area contributed by atoms with Gasteiger partial charge in [-0.05, 0) is 68.7 Å². The SMILES string of the molecule is COCCCN1C(=O)C(=O)/C(=C(/O)c2ccc(OC)cc2C)C1c1cccc(OC(C)C)c1. The van der Waals surface area contributed by atoms with Crippen molar-refractivity contribution in [1.82, 2.24) is 4.90 Å². The Hall–Kier alpha value is -3.32. The second-order valence-corrected chi connectivity index (χ2v) is 8.26. The molecule has 7 heteroatoms. The lowest BCUT2D eigenvalue weighted by Crippen LogP contribution is -2.31.